The van der Waals surface area contributed by atoms with E-state index in [1.54, 1.807) is 6.20 Å². The van der Waals surface area contributed by atoms with Gasteiger partial charge in [-0.05, 0) is 39.2 Å². The number of amides is 1. The Morgan fingerprint density at radius 1 is 1.47 bits per heavy atom. The van der Waals surface area contributed by atoms with Gasteiger partial charge in [-0.3, -0.25) is 9.48 Å². The predicted octanol–water partition coefficient (Wildman–Crippen LogP) is 1.29. The molecule has 19 heavy (non-hydrogen) atoms. The van der Waals surface area contributed by atoms with Gasteiger partial charge in [0.05, 0.1) is 11.8 Å². The first kappa shape index (κ1) is 12.7. The van der Waals surface area contributed by atoms with Gasteiger partial charge in [-0.15, -0.1) is 0 Å². The quantitative estimate of drug-likeness (QED) is 0.873. The monoisotopic (exact) mass is 262 g/mol. The zero-order chi connectivity index (χ0) is 13.4. The van der Waals surface area contributed by atoms with Crippen LogP contribution in [0.2, 0.25) is 0 Å². The van der Waals surface area contributed by atoms with Crippen molar-refractivity contribution in [1.29, 1.82) is 0 Å². The average Bonchev–Trinajstić information content (AvgIpc) is 3.04. The fraction of sp³-hybridized carbons (Fsp3) is 0.714. The lowest BCUT2D eigenvalue weighted by Crippen LogP contribution is -2.41. The third kappa shape index (κ3) is 2.39. The maximum absolute atomic E-state index is 12.5. The van der Waals surface area contributed by atoms with Gasteiger partial charge in [0.25, 0.3) is 5.91 Å². The highest BCUT2D eigenvalue weighted by Gasteiger charge is 2.36. The Balaban J connectivity index is 1.70. The second kappa shape index (κ2) is 4.96. The van der Waals surface area contributed by atoms with E-state index in [0.717, 1.165) is 19.6 Å². The number of nitrogens with zero attached hydrogens (tertiary/aromatic N) is 3. The van der Waals surface area contributed by atoms with Crippen molar-refractivity contribution in [3.05, 3.63) is 18.0 Å². The molecular weight excluding hydrogens is 240 g/mol. The fourth-order valence-corrected chi connectivity index (χ4v) is 3.13. The first-order valence-electron chi connectivity index (χ1n) is 7.22. The molecule has 2 saturated heterocycles. The van der Waals surface area contributed by atoms with Crippen LogP contribution in [0.1, 0.15) is 43.1 Å². The van der Waals surface area contributed by atoms with Crippen LogP contribution in [0, 0.1) is 5.92 Å². The van der Waals surface area contributed by atoms with E-state index in [9.17, 15) is 4.79 Å². The number of carbonyl (C=O) groups is 1. The number of hydrogen-bond acceptors (Lipinski definition) is 3. The van der Waals surface area contributed by atoms with Crippen molar-refractivity contribution in [3.8, 4) is 0 Å². The van der Waals surface area contributed by atoms with E-state index in [1.807, 2.05) is 15.8 Å². The van der Waals surface area contributed by atoms with Crippen LogP contribution >= 0.6 is 0 Å². The van der Waals surface area contributed by atoms with Crippen molar-refractivity contribution in [2.24, 2.45) is 5.92 Å². The SMILES string of the molecule is CC(C)n1cc(C(=O)N2C[C@@H]3CCCN[C@@H]3C2)cn1. The van der Waals surface area contributed by atoms with E-state index < -0.39 is 0 Å². The first-order chi connectivity index (χ1) is 9.15. The molecule has 0 aliphatic carbocycles. The highest BCUT2D eigenvalue weighted by atomic mass is 16.2. The number of aromatic nitrogens is 2. The second-order valence-electron chi connectivity index (χ2n) is 5.98. The molecule has 5 heteroatoms. The van der Waals surface area contributed by atoms with Crippen molar-refractivity contribution >= 4 is 5.91 Å². The lowest BCUT2D eigenvalue weighted by atomic mass is 9.94. The van der Waals surface area contributed by atoms with Gasteiger partial charge in [0.15, 0.2) is 0 Å². The van der Waals surface area contributed by atoms with Gasteiger partial charge in [0.2, 0.25) is 0 Å². The van der Waals surface area contributed by atoms with Crippen LogP contribution in [0.4, 0.5) is 0 Å². The average molecular weight is 262 g/mol. The molecule has 1 aromatic rings. The lowest BCUT2D eigenvalue weighted by Gasteiger charge is -2.24. The molecule has 2 atom stereocenters. The lowest BCUT2D eigenvalue weighted by molar-refractivity contribution is 0.0785. The Morgan fingerprint density at radius 2 is 2.32 bits per heavy atom. The smallest absolute Gasteiger partial charge is 0.257 e. The van der Waals surface area contributed by atoms with Crippen LogP contribution in [0.5, 0.6) is 0 Å². The molecule has 0 bridgehead atoms. The molecule has 2 fully saturated rings. The van der Waals surface area contributed by atoms with Gasteiger partial charge in [-0.25, -0.2) is 0 Å². The Hall–Kier alpha value is -1.36. The summed E-state index contributed by atoms with van der Waals surface area (Å²) in [4.78, 5) is 14.5. The van der Waals surface area contributed by atoms with E-state index in [0.29, 0.717) is 23.6 Å². The van der Waals surface area contributed by atoms with E-state index >= 15 is 0 Å². The number of rotatable bonds is 2. The molecule has 104 valence electrons. The molecule has 0 saturated carbocycles. The molecule has 0 spiro atoms. The molecule has 1 amide bonds. The number of piperidine rings is 1. The molecule has 0 radical (unpaired) electrons. The topological polar surface area (TPSA) is 50.2 Å². The van der Waals surface area contributed by atoms with Gasteiger partial charge in [0.1, 0.15) is 0 Å². The highest BCUT2D eigenvalue weighted by Crippen LogP contribution is 2.26. The minimum absolute atomic E-state index is 0.128. The van der Waals surface area contributed by atoms with E-state index in [2.05, 4.69) is 24.3 Å². The van der Waals surface area contributed by atoms with Crippen molar-refractivity contribution in [2.75, 3.05) is 19.6 Å². The van der Waals surface area contributed by atoms with E-state index in [4.69, 9.17) is 0 Å². The predicted molar refractivity (Wildman–Crippen MR) is 73.0 cm³/mol. The Labute approximate surface area is 114 Å². The van der Waals surface area contributed by atoms with Crippen molar-refractivity contribution < 1.29 is 4.79 Å². The van der Waals surface area contributed by atoms with Crippen LogP contribution in [0.15, 0.2) is 12.4 Å². The summed E-state index contributed by atoms with van der Waals surface area (Å²) in [5.41, 5.74) is 0.715. The van der Waals surface area contributed by atoms with Crippen molar-refractivity contribution in [2.45, 2.75) is 38.8 Å². The number of carbonyl (C=O) groups excluding carboxylic acids is 1. The highest BCUT2D eigenvalue weighted by molar-refractivity contribution is 5.94. The number of likely N-dealkylation sites (tertiary alicyclic amines) is 1. The maximum atomic E-state index is 12.5. The number of hydrogen-bond donors (Lipinski definition) is 1. The second-order valence-corrected chi connectivity index (χ2v) is 5.98. The summed E-state index contributed by atoms with van der Waals surface area (Å²) in [6.07, 6.45) is 6.03. The normalized spacial score (nSPS) is 26.8. The molecule has 0 unspecified atom stereocenters. The van der Waals surface area contributed by atoms with E-state index in [1.165, 1.54) is 12.8 Å². The van der Waals surface area contributed by atoms with Crippen molar-refractivity contribution in [1.82, 2.24) is 20.0 Å². The molecule has 0 aromatic carbocycles. The molecule has 3 heterocycles. The molecule has 1 aromatic heterocycles. The summed E-state index contributed by atoms with van der Waals surface area (Å²) in [5, 5.41) is 7.78. The van der Waals surface area contributed by atoms with Crippen LogP contribution in [-0.2, 0) is 0 Å². The van der Waals surface area contributed by atoms with Gasteiger partial charge < -0.3 is 10.2 Å². The Morgan fingerprint density at radius 3 is 3.00 bits per heavy atom. The zero-order valence-corrected chi connectivity index (χ0v) is 11.7. The Kier molecular flexibility index (Phi) is 3.31. The summed E-state index contributed by atoms with van der Waals surface area (Å²) in [7, 11) is 0. The van der Waals surface area contributed by atoms with Crippen LogP contribution in [0.25, 0.3) is 0 Å². The third-order valence-corrected chi connectivity index (χ3v) is 4.26. The summed E-state index contributed by atoms with van der Waals surface area (Å²) in [6.45, 7) is 6.96. The zero-order valence-electron chi connectivity index (χ0n) is 11.7. The van der Waals surface area contributed by atoms with Crippen LogP contribution in [-0.4, -0.2) is 46.3 Å². The van der Waals surface area contributed by atoms with Gasteiger partial charge in [-0.2, -0.15) is 5.10 Å². The first-order valence-corrected chi connectivity index (χ1v) is 7.22. The van der Waals surface area contributed by atoms with Gasteiger partial charge >= 0.3 is 0 Å². The fourth-order valence-electron chi connectivity index (χ4n) is 3.13. The maximum Gasteiger partial charge on any atom is 0.257 e. The molecule has 3 rings (SSSR count). The number of fused-ring (bicyclic) bond motifs is 1. The summed E-state index contributed by atoms with van der Waals surface area (Å²) in [6, 6.07) is 0.794. The summed E-state index contributed by atoms with van der Waals surface area (Å²) < 4.78 is 1.84. The van der Waals surface area contributed by atoms with E-state index in [-0.39, 0.29) is 5.91 Å². The molecular formula is C14H22N4O. The minimum Gasteiger partial charge on any atom is -0.337 e. The Bertz CT molecular complexity index is 454. The largest absolute Gasteiger partial charge is 0.337 e. The number of nitrogens with one attached hydrogen (secondary N) is 1. The summed E-state index contributed by atoms with van der Waals surface area (Å²) >= 11 is 0. The van der Waals surface area contributed by atoms with Crippen molar-refractivity contribution in [3.63, 3.8) is 0 Å². The summed E-state index contributed by atoms with van der Waals surface area (Å²) in [5.74, 6) is 0.765. The van der Waals surface area contributed by atoms with Gasteiger partial charge in [0, 0.05) is 31.4 Å². The molecule has 2 aliphatic rings. The molecule has 5 nitrogen and oxygen atoms in total. The van der Waals surface area contributed by atoms with Crippen LogP contribution in [0.3, 0.4) is 0 Å². The van der Waals surface area contributed by atoms with Gasteiger partial charge in [-0.1, -0.05) is 0 Å². The third-order valence-electron chi connectivity index (χ3n) is 4.26. The standard InChI is InChI=1S/C14H22N4O/c1-10(2)18-8-12(6-16-18)14(19)17-7-11-4-3-5-15-13(11)9-17/h6,8,10-11,13,15H,3-5,7,9H2,1-2H3/t11-,13+/m0/s1. The molecule has 1 N–H and O–H groups in total. The minimum atomic E-state index is 0.128. The van der Waals surface area contributed by atoms with Crippen LogP contribution < -0.4 is 5.32 Å². The molecule has 2 aliphatic heterocycles.